The van der Waals surface area contributed by atoms with Gasteiger partial charge in [0.15, 0.2) is 0 Å². The van der Waals surface area contributed by atoms with E-state index in [1.54, 1.807) is 0 Å². The van der Waals surface area contributed by atoms with Crippen molar-refractivity contribution in [1.29, 1.82) is 0 Å². The molecule has 0 saturated heterocycles. The Hall–Kier alpha value is -0.240. The second kappa shape index (κ2) is 38.8. The largest absolute Gasteiger partial charge is 0.463 e. The van der Waals surface area contributed by atoms with Crippen LogP contribution in [-0.4, -0.2) is 162 Å². The Morgan fingerprint density at radius 1 is 0.381 bits per heavy atom. The number of carbonyl (C=O) groups excluding carboxylic acids is 1. The van der Waals surface area contributed by atoms with Gasteiger partial charge in [0.2, 0.25) is 0 Å². The molecule has 0 aliphatic heterocycles. The highest BCUT2D eigenvalue weighted by Crippen LogP contribution is 1.91. The molecule has 0 aromatic heterocycles. The van der Waals surface area contributed by atoms with E-state index in [2.05, 4.69) is 22.6 Å². The predicted octanol–water partition coefficient (Wildman–Crippen LogP) is 1.95. The van der Waals surface area contributed by atoms with Crippen LogP contribution in [0.4, 0.5) is 0 Å². The van der Waals surface area contributed by atoms with E-state index in [1.165, 1.54) is 0 Å². The number of halogens is 1. The SMILES string of the molecule is CCCC(=O)OCCOCCOCCOCCOCCOCCOCCOCCOCCOCCOCCOCCI. The minimum absolute atomic E-state index is 0.187. The summed E-state index contributed by atoms with van der Waals surface area (Å²) in [5, 5.41) is 0. The third kappa shape index (κ3) is 37.8. The monoisotopic (exact) mass is 726 g/mol. The Labute approximate surface area is 265 Å². The zero-order valence-corrected chi connectivity index (χ0v) is 27.7. The van der Waals surface area contributed by atoms with Crippen molar-refractivity contribution in [2.24, 2.45) is 0 Å². The smallest absolute Gasteiger partial charge is 0.305 e. The summed E-state index contributed by atoms with van der Waals surface area (Å²) in [5.74, 6) is -0.187. The van der Waals surface area contributed by atoms with Gasteiger partial charge in [-0.05, 0) is 6.42 Å². The van der Waals surface area contributed by atoms with E-state index in [1.807, 2.05) is 6.92 Å². The Kier molecular flexibility index (Phi) is 38.6. The summed E-state index contributed by atoms with van der Waals surface area (Å²) < 4.78 is 65.6. The number of hydrogen-bond acceptors (Lipinski definition) is 13. The molecule has 0 spiro atoms. The van der Waals surface area contributed by atoms with Gasteiger partial charge in [-0.3, -0.25) is 4.79 Å². The van der Waals surface area contributed by atoms with E-state index >= 15 is 0 Å². The summed E-state index contributed by atoms with van der Waals surface area (Å²) in [7, 11) is 0. The van der Waals surface area contributed by atoms with Gasteiger partial charge in [0, 0.05) is 10.8 Å². The van der Waals surface area contributed by atoms with Crippen LogP contribution >= 0.6 is 22.6 Å². The molecule has 0 unspecified atom stereocenters. The molecule has 0 fully saturated rings. The maximum atomic E-state index is 11.2. The third-order valence-corrected chi connectivity index (χ3v) is 5.33. The molecule has 0 N–H and O–H groups in total. The van der Waals surface area contributed by atoms with Crippen molar-refractivity contribution < 1.29 is 61.6 Å². The van der Waals surface area contributed by atoms with Gasteiger partial charge in [-0.25, -0.2) is 0 Å². The van der Waals surface area contributed by atoms with E-state index in [9.17, 15) is 4.79 Å². The highest BCUT2D eigenvalue weighted by atomic mass is 127. The van der Waals surface area contributed by atoms with Crippen LogP contribution in [0.3, 0.4) is 0 Å². The van der Waals surface area contributed by atoms with Crippen LogP contribution in [-0.2, 0) is 61.6 Å². The Morgan fingerprint density at radius 2 is 0.595 bits per heavy atom. The Morgan fingerprint density at radius 3 is 0.810 bits per heavy atom. The van der Waals surface area contributed by atoms with Crippen molar-refractivity contribution >= 4 is 28.6 Å². The number of esters is 1. The molecular formula is C28H55IO13. The van der Waals surface area contributed by atoms with Crippen molar-refractivity contribution in [3.8, 4) is 0 Å². The van der Waals surface area contributed by atoms with Gasteiger partial charge in [-0.1, -0.05) is 29.5 Å². The highest BCUT2D eigenvalue weighted by Gasteiger charge is 2.00. The van der Waals surface area contributed by atoms with Crippen molar-refractivity contribution in [2.75, 3.05) is 156 Å². The standard InChI is InChI=1S/C28H55IO13/c1-2-3-28(30)42-27-26-41-25-24-40-23-22-39-21-20-38-19-18-37-17-16-36-15-14-35-13-12-34-11-10-33-9-8-32-7-6-31-5-4-29/h2-27H2,1H3. The van der Waals surface area contributed by atoms with Crippen LogP contribution in [0, 0.1) is 0 Å². The Bertz CT molecular complexity index is 520. The van der Waals surface area contributed by atoms with Gasteiger partial charge in [0.1, 0.15) is 6.61 Å². The molecule has 252 valence electrons. The summed E-state index contributed by atoms with van der Waals surface area (Å²) in [6.07, 6.45) is 1.23. The first kappa shape index (κ1) is 41.8. The van der Waals surface area contributed by atoms with Gasteiger partial charge in [-0.2, -0.15) is 0 Å². The lowest BCUT2D eigenvalue weighted by molar-refractivity contribution is -0.145. The van der Waals surface area contributed by atoms with Gasteiger partial charge in [0.25, 0.3) is 0 Å². The molecule has 13 nitrogen and oxygen atoms in total. The van der Waals surface area contributed by atoms with Crippen LogP contribution in [0.1, 0.15) is 19.8 Å². The maximum absolute atomic E-state index is 11.2. The Balaban J connectivity index is 3.05. The molecule has 0 heterocycles. The zero-order chi connectivity index (χ0) is 30.4. The molecule has 0 amide bonds. The van der Waals surface area contributed by atoms with Crippen LogP contribution < -0.4 is 0 Å². The summed E-state index contributed by atoms with van der Waals surface area (Å²) in [6, 6.07) is 0. The highest BCUT2D eigenvalue weighted by molar-refractivity contribution is 14.1. The van der Waals surface area contributed by atoms with E-state index < -0.39 is 0 Å². The molecule has 0 atom stereocenters. The molecule has 42 heavy (non-hydrogen) atoms. The van der Waals surface area contributed by atoms with E-state index in [-0.39, 0.29) is 12.6 Å². The number of carbonyl (C=O) groups is 1. The van der Waals surface area contributed by atoms with Gasteiger partial charge in [-0.15, -0.1) is 0 Å². The van der Waals surface area contributed by atoms with Crippen LogP contribution in [0.15, 0.2) is 0 Å². The van der Waals surface area contributed by atoms with Gasteiger partial charge in [0.05, 0.1) is 145 Å². The maximum Gasteiger partial charge on any atom is 0.305 e. The lowest BCUT2D eigenvalue weighted by atomic mass is 10.3. The average molecular weight is 727 g/mol. The molecule has 0 aliphatic carbocycles. The second-order valence-electron chi connectivity index (χ2n) is 8.40. The first-order valence-electron chi connectivity index (χ1n) is 14.9. The first-order valence-corrected chi connectivity index (χ1v) is 16.4. The topological polar surface area (TPSA) is 128 Å². The van der Waals surface area contributed by atoms with Gasteiger partial charge >= 0.3 is 5.97 Å². The molecule has 14 heteroatoms. The molecule has 0 rings (SSSR count). The fraction of sp³-hybridized carbons (Fsp3) is 0.964. The molecule has 0 aromatic rings. The molecule has 0 bridgehead atoms. The van der Waals surface area contributed by atoms with Crippen LogP contribution in [0.5, 0.6) is 0 Å². The van der Waals surface area contributed by atoms with Crippen molar-refractivity contribution in [1.82, 2.24) is 0 Å². The quantitative estimate of drug-likeness (QED) is 0.0401. The molecule has 0 aromatic carbocycles. The summed E-state index contributed by atoms with van der Waals surface area (Å²) in [4.78, 5) is 11.2. The minimum atomic E-state index is -0.187. The second-order valence-corrected chi connectivity index (χ2v) is 9.47. The van der Waals surface area contributed by atoms with Crippen molar-refractivity contribution in [3.63, 3.8) is 0 Å². The molecule has 0 aliphatic rings. The average Bonchev–Trinajstić information content (AvgIpc) is 2.99. The van der Waals surface area contributed by atoms with E-state index in [4.69, 9.17) is 56.8 Å². The molecular weight excluding hydrogens is 671 g/mol. The number of rotatable bonds is 37. The third-order valence-electron chi connectivity index (χ3n) is 4.89. The zero-order valence-electron chi connectivity index (χ0n) is 25.6. The molecule has 0 radical (unpaired) electrons. The number of alkyl halides is 1. The summed E-state index contributed by atoms with van der Waals surface area (Å²) in [5.41, 5.74) is 0. The first-order chi connectivity index (χ1) is 20.8. The minimum Gasteiger partial charge on any atom is -0.463 e. The van der Waals surface area contributed by atoms with Crippen molar-refractivity contribution in [3.05, 3.63) is 0 Å². The lowest BCUT2D eigenvalue weighted by Gasteiger charge is -2.09. The number of ether oxygens (including phenoxy) is 12. The lowest BCUT2D eigenvalue weighted by Crippen LogP contribution is -2.15. The summed E-state index contributed by atoms with van der Waals surface area (Å²) >= 11 is 2.28. The van der Waals surface area contributed by atoms with Crippen LogP contribution in [0.2, 0.25) is 0 Å². The summed E-state index contributed by atoms with van der Waals surface area (Å²) in [6.45, 7) is 13.7. The molecule has 0 saturated carbocycles. The predicted molar refractivity (Wildman–Crippen MR) is 164 cm³/mol. The van der Waals surface area contributed by atoms with Crippen LogP contribution in [0.25, 0.3) is 0 Å². The number of hydrogen-bond donors (Lipinski definition) is 0. The fourth-order valence-corrected chi connectivity index (χ4v) is 3.16. The fourth-order valence-electron chi connectivity index (χ4n) is 2.85. The van der Waals surface area contributed by atoms with Crippen molar-refractivity contribution in [2.45, 2.75) is 19.8 Å². The van der Waals surface area contributed by atoms with E-state index in [0.29, 0.717) is 145 Å². The normalized spacial score (nSPS) is 11.4. The van der Waals surface area contributed by atoms with E-state index in [0.717, 1.165) is 17.5 Å². The van der Waals surface area contributed by atoms with Gasteiger partial charge < -0.3 is 56.8 Å².